The number of hydrogen-bond donors (Lipinski definition) is 2. The Morgan fingerprint density at radius 2 is 1.64 bits per heavy atom. The molecule has 0 atom stereocenters. The molecule has 0 amide bonds. The van der Waals surface area contributed by atoms with E-state index in [1.807, 2.05) is 0 Å². The zero-order chi connectivity index (χ0) is 28.3. The van der Waals surface area contributed by atoms with Crippen molar-refractivity contribution >= 4 is 39.7 Å². The van der Waals surface area contributed by atoms with Gasteiger partial charge in [0.2, 0.25) is 11.9 Å². The molecule has 0 radical (unpaired) electrons. The first-order chi connectivity index (χ1) is 18.6. The maximum Gasteiger partial charge on any atom is 0.491 e. The number of benzene rings is 2. The molecule has 206 valence electrons. The number of aromatic amines is 1. The summed E-state index contributed by atoms with van der Waals surface area (Å²) in [5.41, 5.74) is -0.112. The van der Waals surface area contributed by atoms with Gasteiger partial charge in [0, 0.05) is 12.5 Å². The van der Waals surface area contributed by atoms with E-state index in [4.69, 9.17) is 18.9 Å². The normalized spacial score (nSPS) is 11.5. The summed E-state index contributed by atoms with van der Waals surface area (Å²) in [4.78, 5) is 39.8. The van der Waals surface area contributed by atoms with Crippen LogP contribution in [0.2, 0.25) is 0 Å². The molecule has 0 unspecified atom stereocenters. The Morgan fingerprint density at radius 3 is 2.31 bits per heavy atom. The van der Waals surface area contributed by atoms with Crippen LogP contribution in [0.3, 0.4) is 0 Å². The minimum atomic E-state index is -5.27. The van der Waals surface area contributed by atoms with Crippen LogP contribution in [0, 0.1) is 6.92 Å². The lowest BCUT2D eigenvalue weighted by atomic mass is 10.1. The zero-order valence-electron chi connectivity index (χ0n) is 21.1. The summed E-state index contributed by atoms with van der Waals surface area (Å²) in [6, 6.07) is 5.69. The Labute approximate surface area is 218 Å². The van der Waals surface area contributed by atoms with Crippen LogP contribution >= 0.6 is 0 Å². The van der Waals surface area contributed by atoms with Crippen molar-refractivity contribution in [1.82, 2.24) is 19.9 Å². The SMILES string of the molecule is COCCOc1c(OC)ccc2c(C)nc(Nc3nc4c(OC)ccc(OC(=O)C(F)(F)F)c4c(=O)[nH]3)nc12. The number of halogens is 3. The molecule has 2 aromatic heterocycles. The highest BCUT2D eigenvalue weighted by atomic mass is 19.4. The van der Waals surface area contributed by atoms with Crippen LogP contribution in [0.1, 0.15) is 5.69 Å². The van der Waals surface area contributed by atoms with Crippen molar-refractivity contribution in [2.75, 3.05) is 39.9 Å². The van der Waals surface area contributed by atoms with E-state index >= 15 is 0 Å². The maximum absolute atomic E-state index is 12.9. The molecule has 4 rings (SSSR count). The molecule has 0 aliphatic rings. The van der Waals surface area contributed by atoms with Gasteiger partial charge in [-0.2, -0.15) is 13.2 Å². The first-order valence-electron chi connectivity index (χ1n) is 11.2. The van der Waals surface area contributed by atoms with Crippen LogP contribution in [0.25, 0.3) is 21.8 Å². The Hall–Kier alpha value is -4.66. The molecule has 2 aromatic carbocycles. The number of anilines is 2. The van der Waals surface area contributed by atoms with E-state index in [0.29, 0.717) is 34.7 Å². The minimum absolute atomic E-state index is 0.0194. The lowest BCUT2D eigenvalue weighted by Gasteiger charge is -2.15. The number of H-pyrrole nitrogens is 1. The second-order valence-electron chi connectivity index (χ2n) is 7.88. The number of fused-ring (bicyclic) bond motifs is 2. The van der Waals surface area contributed by atoms with Gasteiger partial charge in [-0.3, -0.25) is 15.1 Å². The highest BCUT2D eigenvalue weighted by molar-refractivity contribution is 5.93. The summed E-state index contributed by atoms with van der Waals surface area (Å²) < 4.78 is 64.1. The fourth-order valence-electron chi connectivity index (χ4n) is 3.66. The molecule has 39 heavy (non-hydrogen) atoms. The molecular weight excluding hydrogens is 527 g/mol. The summed E-state index contributed by atoms with van der Waals surface area (Å²) in [6.07, 6.45) is -5.27. The van der Waals surface area contributed by atoms with E-state index in [1.165, 1.54) is 27.4 Å². The van der Waals surface area contributed by atoms with E-state index in [1.54, 1.807) is 19.1 Å². The van der Waals surface area contributed by atoms with Gasteiger partial charge in [-0.05, 0) is 31.2 Å². The van der Waals surface area contributed by atoms with Gasteiger partial charge in [0.15, 0.2) is 11.5 Å². The van der Waals surface area contributed by atoms with Crippen LogP contribution < -0.4 is 29.8 Å². The number of rotatable bonds is 9. The Kier molecular flexibility index (Phi) is 7.71. The molecule has 2 N–H and O–H groups in total. The van der Waals surface area contributed by atoms with E-state index < -0.39 is 28.8 Å². The number of carbonyl (C=O) groups excluding carboxylic acids is 1. The third-order valence-corrected chi connectivity index (χ3v) is 5.40. The van der Waals surface area contributed by atoms with Crippen molar-refractivity contribution in [3.8, 4) is 23.0 Å². The number of esters is 1. The van der Waals surface area contributed by atoms with E-state index in [2.05, 4.69) is 30.0 Å². The second kappa shape index (κ2) is 11.0. The van der Waals surface area contributed by atoms with Crippen LogP contribution in [0.5, 0.6) is 23.0 Å². The number of ether oxygens (including phenoxy) is 5. The molecule has 0 aliphatic carbocycles. The van der Waals surface area contributed by atoms with Gasteiger partial charge in [-0.15, -0.1) is 0 Å². The number of aryl methyl sites for hydroxylation is 1. The van der Waals surface area contributed by atoms with Crippen molar-refractivity contribution in [2.24, 2.45) is 0 Å². The number of methoxy groups -OCH3 is 3. The zero-order valence-corrected chi connectivity index (χ0v) is 21.1. The molecule has 2 heterocycles. The first-order valence-corrected chi connectivity index (χ1v) is 11.2. The van der Waals surface area contributed by atoms with Crippen LogP contribution in [0.4, 0.5) is 25.1 Å². The molecule has 0 fully saturated rings. The van der Waals surface area contributed by atoms with Crippen LogP contribution in [-0.4, -0.2) is 66.6 Å². The van der Waals surface area contributed by atoms with Crippen molar-refractivity contribution < 1.29 is 41.7 Å². The molecular formula is C24H22F3N5O7. The van der Waals surface area contributed by atoms with E-state index in [9.17, 15) is 22.8 Å². The number of aromatic nitrogens is 4. The highest BCUT2D eigenvalue weighted by Gasteiger charge is 2.41. The highest BCUT2D eigenvalue weighted by Crippen LogP contribution is 2.36. The molecule has 0 saturated carbocycles. The summed E-state index contributed by atoms with van der Waals surface area (Å²) in [7, 11) is 4.29. The molecule has 12 nitrogen and oxygen atoms in total. The fourth-order valence-corrected chi connectivity index (χ4v) is 3.66. The minimum Gasteiger partial charge on any atom is -0.494 e. The monoisotopic (exact) mass is 549 g/mol. The van der Waals surface area contributed by atoms with Crippen molar-refractivity contribution in [3.63, 3.8) is 0 Å². The van der Waals surface area contributed by atoms with Gasteiger partial charge in [0.1, 0.15) is 34.5 Å². The first kappa shape index (κ1) is 27.4. The summed E-state index contributed by atoms with van der Waals surface area (Å²) in [6.45, 7) is 2.28. The number of nitrogens with zero attached hydrogens (tertiary/aromatic N) is 3. The van der Waals surface area contributed by atoms with Crippen LogP contribution in [0.15, 0.2) is 29.1 Å². The molecule has 0 saturated heterocycles. The van der Waals surface area contributed by atoms with Crippen molar-refractivity contribution in [2.45, 2.75) is 13.1 Å². The Balaban J connectivity index is 1.79. The number of alkyl halides is 3. The smallest absolute Gasteiger partial charge is 0.491 e. The van der Waals surface area contributed by atoms with Crippen LogP contribution in [-0.2, 0) is 9.53 Å². The molecule has 0 bridgehead atoms. The predicted molar refractivity (Wildman–Crippen MR) is 132 cm³/mol. The average molecular weight is 549 g/mol. The second-order valence-corrected chi connectivity index (χ2v) is 7.88. The average Bonchev–Trinajstić information content (AvgIpc) is 2.88. The predicted octanol–water partition coefficient (Wildman–Crippen LogP) is 3.43. The van der Waals surface area contributed by atoms with Gasteiger partial charge in [-0.1, -0.05) is 0 Å². The van der Waals surface area contributed by atoms with Gasteiger partial charge < -0.3 is 23.7 Å². The molecule has 0 spiro atoms. The number of carbonyl (C=O) groups is 1. The summed E-state index contributed by atoms with van der Waals surface area (Å²) >= 11 is 0. The topological polar surface area (TPSA) is 147 Å². The number of nitrogens with one attached hydrogen (secondary N) is 2. The van der Waals surface area contributed by atoms with Gasteiger partial charge in [0.05, 0.1) is 26.5 Å². The summed E-state index contributed by atoms with van der Waals surface area (Å²) in [5.74, 6) is -2.46. The standard InChI is InChI=1S/C24H22F3N5O7/c1-11-12-5-6-15(37-4)19(38-10-9-35-2)17(12)29-22(28-11)32-23-30-18-14(36-3)8-7-13(16(18)20(33)31-23)39-21(34)24(25,26)27/h5-8H,9-10H2,1-4H3,(H2,28,29,30,31,32,33). The van der Waals surface area contributed by atoms with Crippen molar-refractivity contribution in [3.05, 3.63) is 40.3 Å². The molecule has 15 heteroatoms. The Bertz CT molecular complexity index is 1610. The van der Waals surface area contributed by atoms with E-state index in [0.717, 1.165) is 6.07 Å². The molecule has 0 aliphatic heterocycles. The third-order valence-electron chi connectivity index (χ3n) is 5.40. The fraction of sp³-hybridized carbons (Fsp3) is 0.292. The van der Waals surface area contributed by atoms with Gasteiger partial charge >= 0.3 is 12.1 Å². The lowest BCUT2D eigenvalue weighted by molar-refractivity contribution is -0.189. The van der Waals surface area contributed by atoms with E-state index in [-0.39, 0.29) is 29.8 Å². The Morgan fingerprint density at radius 1 is 0.949 bits per heavy atom. The van der Waals surface area contributed by atoms with Gasteiger partial charge in [0.25, 0.3) is 5.56 Å². The number of hydrogen-bond acceptors (Lipinski definition) is 11. The van der Waals surface area contributed by atoms with Crippen molar-refractivity contribution in [1.29, 1.82) is 0 Å². The molecule has 4 aromatic rings. The quantitative estimate of drug-likeness (QED) is 0.180. The lowest BCUT2D eigenvalue weighted by Crippen LogP contribution is -2.28. The largest absolute Gasteiger partial charge is 0.494 e. The maximum atomic E-state index is 12.9. The summed E-state index contributed by atoms with van der Waals surface area (Å²) in [5, 5.41) is 3.03. The van der Waals surface area contributed by atoms with Gasteiger partial charge in [-0.25, -0.2) is 19.7 Å². The third kappa shape index (κ3) is 5.62.